The molecule has 116 valence electrons. The van der Waals surface area contributed by atoms with Crippen LogP contribution in [0.4, 0.5) is 10.2 Å². The Kier molecular flexibility index (Phi) is 4.19. The molecule has 23 heavy (non-hydrogen) atoms. The Hall–Kier alpha value is -2.95. The highest BCUT2D eigenvalue weighted by atomic mass is 19.1. The van der Waals surface area contributed by atoms with Crippen LogP contribution in [-0.2, 0) is 6.54 Å². The lowest BCUT2D eigenvalue weighted by Gasteiger charge is -2.09. The number of hydrogen-bond acceptors (Lipinski definition) is 2. The van der Waals surface area contributed by atoms with Gasteiger partial charge in [0, 0.05) is 11.6 Å². The molecule has 0 aliphatic heterocycles. The van der Waals surface area contributed by atoms with Gasteiger partial charge in [0.15, 0.2) is 0 Å². The second kappa shape index (κ2) is 6.44. The molecule has 0 fully saturated rings. The Balaban J connectivity index is 1.75. The number of nitrogens with one attached hydrogen (secondary N) is 1. The maximum Gasteiger partial charge on any atom is 0.256 e. The van der Waals surface area contributed by atoms with Crippen molar-refractivity contribution in [2.75, 3.05) is 5.32 Å². The summed E-state index contributed by atoms with van der Waals surface area (Å²) in [5, 5.41) is 7.04. The number of hydrogen-bond donors (Lipinski definition) is 1. The molecule has 0 spiro atoms. The van der Waals surface area contributed by atoms with Crippen LogP contribution in [0.25, 0.3) is 0 Å². The molecule has 0 saturated heterocycles. The molecule has 1 heterocycles. The van der Waals surface area contributed by atoms with Crippen molar-refractivity contribution >= 4 is 11.7 Å². The summed E-state index contributed by atoms with van der Waals surface area (Å²) in [6.07, 6.45) is 1.63. The van der Waals surface area contributed by atoms with Crippen molar-refractivity contribution in [3.8, 4) is 0 Å². The van der Waals surface area contributed by atoms with Gasteiger partial charge in [-0.25, -0.2) is 9.07 Å². The first-order valence-corrected chi connectivity index (χ1v) is 7.26. The Morgan fingerprint density at radius 3 is 2.70 bits per heavy atom. The summed E-state index contributed by atoms with van der Waals surface area (Å²) >= 11 is 0. The second-order valence-corrected chi connectivity index (χ2v) is 5.32. The Bertz CT molecular complexity index is 824. The zero-order valence-electron chi connectivity index (χ0n) is 12.7. The van der Waals surface area contributed by atoms with Crippen LogP contribution in [0.15, 0.2) is 60.8 Å². The standard InChI is InChI=1S/C18H16FN3O/c1-13-3-2-4-14(11-13)12-22-17(9-10-20-22)21-18(23)15-5-7-16(19)8-6-15/h2-11H,12H2,1H3,(H,21,23). The van der Waals surface area contributed by atoms with Crippen molar-refractivity contribution in [1.29, 1.82) is 0 Å². The third-order valence-electron chi connectivity index (χ3n) is 3.48. The fraction of sp³-hybridized carbons (Fsp3) is 0.111. The van der Waals surface area contributed by atoms with E-state index in [0.717, 1.165) is 5.56 Å². The Morgan fingerprint density at radius 2 is 1.96 bits per heavy atom. The molecule has 3 rings (SSSR count). The van der Waals surface area contributed by atoms with E-state index in [4.69, 9.17) is 0 Å². The number of anilines is 1. The average Bonchev–Trinajstić information content (AvgIpc) is 2.95. The minimum atomic E-state index is -0.369. The molecule has 0 radical (unpaired) electrons. The van der Waals surface area contributed by atoms with Gasteiger partial charge in [-0.1, -0.05) is 29.8 Å². The zero-order valence-corrected chi connectivity index (χ0v) is 12.7. The van der Waals surface area contributed by atoms with Crippen molar-refractivity contribution < 1.29 is 9.18 Å². The number of benzene rings is 2. The van der Waals surface area contributed by atoms with Crippen molar-refractivity contribution in [2.24, 2.45) is 0 Å². The fourth-order valence-corrected chi connectivity index (χ4v) is 2.34. The topological polar surface area (TPSA) is 46.9 Å². The molecule has 0 bridgehead atoms. The first kappa shape index (κ1) is 15.0. The molecule has 2 aromatic carbocycles. The molecule has 0 aliphatic carbocycles. The fourth-order valence-electron chi connectivity index (χ4n) is 2.34. The van der Waals surface area contributed by atoms with Crippen molar-refractivity contribution in [1.82, 2.24) is 9.78 Å². The SMILES string of the molecule is Cc1cccc(Cn2nccc2NC(=O)c2ccc(F)cc2)c1. The number of aromatic nitrogens is 2. The molecule has 0 aliphatic rings. The van der Waals surface area contributed by atoms with Crippen LogP contribution >= 0.6 is 0 Å². The van der Waals surface area contributed by atoms with E-state index in [1.165, 1.54) is 29.8 Å². The molecular formula is C18H16FN3O. The largest absolute Gasteiger partial charge is 0.307 e. The van der Waals surface area contributed by atoms with Crippen LogP contribution in [0.5, 0.6) is 0 Å². The lowest BCUT2D eigenvalue weighted by Crippen LogP contribution is -2.16. The maximum absolute atomic E-state index is 12.9. The third-order valence-corrected chi connectivity index (χ3v) is 3.48. The predicted octanol–water partition coefficient (Wildman–Crippen LogP) is 3.63. The van der Waals surface area contributed by atoms with Gasteiger partial charge in [-0.05, 0) is 36.8 Å². The quantitative estimate of drug-likeness (QED) is 0.800. The number of aryl methyl sites for hydroxylation is 1. The highest BCUT2D eigenvalue weighted by Crippen LogP contribution is 2.13. The van der Waals surface area contributed by atoms with Gasteiger partial charge in [-0.3, -0.25) is 4.79 Å². The summed E-state index contributed by atoms with van der Waals surface area (Å²) in [5.74, 6) is -0.0668. The van der Waals surface area contributed by atoms with E-state index >= 15 is 0 Å². The first-order chi connectivity index (χ1) is 11.1. The van der Waals surface area contributed by atoms with E-state index in [-0.39, 0.29) is 11.7 Å². The Labute approximate surface area is 133 Å². The molecule has 1 aromatic heterocycles. The van der Waals surface area contributed by atoms with Gasteiger partial charge < -0.3 is 5.32 Å². The predicted molar refractivity (Wildman–Crippen MR) is 86.9 cm³/mol. The smallest absolute Gasteiger partial charge is 0.256 e. The molecule has 3 aromatic rings. The van der Waals surface area contributed by atoms with Crippen molar-refractivity contribution in [3.63, 3.8) is 0 Å². The van der Waals surface area contributed by atoms with E-state index in [0.29, 0.717) is 17.9 Å². The van der Waals surface area contributed by atoms with Gasteiger partial charge in [0.1, 0.15) is 11.6 Å². The number of carbonyl (C=O) groups is 1. The van der Waals surface area contributed by atoms with Gasteiger partial charge >= 0.3 is 0 Å². The molecule has 0 unspecified atom stereocenters. The van der Waals surface area contributed by atoms with Gasteiger partial charge in [-0.2, -0.15) is 5.10 Å². The van der Waals surface area contributed by atoms with Crippen LogP contribution in [0.2, 0.25) is 0 Å². The summed E-state index contributed by atoms with van der Waals surface area (Å²) in [6, 6.07) is 15.3. The number of nitrogens with zero attached hydrogens (tertiary/aromatic N) is 2. The van der Waals surface area contributed by atoms with Gasteiger partial charge in [0.2, 0.25) is 0 Å². The number of carbonyl (C=O) groups excluding carboxylic acids is 1. The van der Waals surface area contributed by atoms with E-state index in [9.17, 15) is 9.18 Å². The molecule has 5 heteroatoms. The second-order valence-electron chi connectivity index (χ2n) is 5.32. The molecule has 1 amide bonds. The summed E-state index contributed by atoms with van der Waals surface area (Å²) in [5.41, 5.74) is 2.67. The third kappa shape index (κ3) is 3.63. The monoisotopic (exact) mass is 309 g/mol. The molecular weight excluding hydrogens is 293 g/mol. The van der Waals surface area contributed by atoms with Crippen LogP contribution in [0.3, 0.4) is 0 Å². The van der Waals surface area contributed by atoms with Crippen molar-refractivity contribution in [3.05, 3.63) is 83.3 Å². The number of rotatable bonds is 4. The van der Waals surface area contributed by atoms with Gasteiger partial charge in [0.25, 0.3) is 5.91 Å². The average molecular weight is 309 g/mol. The first-order valence-electron chi connectivity index (χ1n) is 7.26. The summed E-state index contributed by atoms with van der Waals surface area (Å²) in [4.78, 5) is 12.2. The highest BCUT2D eigenvalue weighted by Gasteiger charge is 2.10. The maximum atomic E-state index is 12.9. The van der Waals surface area contributed by atoms with Crippen LogP contribution in [0, 0.1) is 12.7 Å². The van der Waals surface area contributed by atoms with Crippen molar-refractivity contribution in [2.45, 2.75) is 13.5 Å². The van der Waals surface area contributed by atoms with Crippen LogP contribution in [0.1, 0.15) is 21.5 Å². The minimum absolute atomic E-state index is 0.295. The number of amides is 1. The molecule has 0 atom stereocenters. The highest BCUT2D eigenvalue weighted by molar-refractivity contribution is 6.03. The minimum Gasteiger partial charge on any atom is -0.307 e. The van der Waals surface area contributed by atoms with Crippen LogP contribution < -0.4 is 5.32 Å². The molecule has 4 nitrogen and oxygen atoms in total. The zero-order chi connectivity index (χ0) is 16.2. The van der Waals surface area contributed by atoms with Gasteiger partial charge in [-0.15, -0.1) is 0 Å². The lowest BCUT2D eigenvalue weighted by atomic mass is 10.1. The normalized spacial score (nSPS) is 10.5. The van der Waals surface area contributed by atoms with Gasteiger partial charge in [0.05, 0.1) is 12.7 Å². The van der Waals surface area contributed by atoms with E-state index in [1.54, 1.807) is 16.9 Å². The van der Waals surface area contributed by atoms with E-state index in [2.05, 4.69) is 16.5 Å². The van der Waals surface area contributed by atoms with E-state index in [1.807, 2.05) is 25.1 Å². The number of halogens is 1. The molecule has 1 N–H and O–H groups in total. The summed E-state index contributed by atoms with van der Waals surface area (Å²) in [7, 11) is 0. The summed E-state index contributed by atoms with van der Waals surface area (Å²) in [6.45, 7) is 2.59. The lowest BCUT2D eigenvalue weighted by molar-refractivity contribution is 0.102. The summed E-state index contributed by atoms with van der Waals surface area (Å²) < 4.78 is 14.6. The van der Waals surface area contributed by atoms with E-state index < -0.39 is 0 Å². The van der Waals surface area contributed by atoms with Crippen LogP contribution in [-0.4, -0.2) is 15.7 Å². The Morgan fingerprint density at radius 1 is 1.17 bits per heavy atom. The molecule has 0 saturated carbocycles.